The van der Waals surface area contributed by atoms with Gasteiger partial charge in [-0.05, 0) is 47.2 Å². The van der Waals surface area contributed by atoms with Crippen LogP contribution in [0.15, 0.2) is 54.9 Å². The minimum atomic E-state index is -0.0654. The number of hydrogen-bond acceptors (Lipinski definition) is 5. The van der Waals surface area contributed by atoms with Gasteiger partial charge in [0.25, 0.3) is 5.91 Å². The lowest BCUT2D eigenvalue weighted by Crippen LogP contribution is -2.31. The number of carbonyl (C=O) groups is 1. The SMILES string of the molecule is CCN(Cc1ccc(OC)cc1)C(=O)c1ccccc1-n1cnnn1. The molecule has 2 aromatic carbocycles. The van der Waals surface area contributed by atoms with Crippen LogP contribution in [0.1, 0.15) is 22.8 Å². The molecule has 1 amide bonds. The second kappa shape index (κ2) is 7.57. The van der Waals surface area contributed by atoms with Crippen molar-refractivity contribution in [2.45, 2.75) is 13.5 Å². The third kappa shape index (κ3) is 3.65. The summed E-state index contributed by atoms with van der Waals surface area (Å²) < 4.78 is 6.67. The summed E-state index contributed by atoms with van der Waals surface area (Å²) in [5.41, 5.74) is 2.26. The van der Waals surface area contributed by atoms with Crippen LogP contribution in [-0.2, 0) is 6.54 Å². The number of ether oxygens (including phenoxy) is 1. The van der Waals surface area contributed by atoms with Crippen LogP contribution in [0.2, 0.25) is 0 Å². The summed E-state index contributed by atoms with van der Waals surface area (Å²) in [6.07, 6.45) is 1.48. The normalized spacial score (nSPS) is 10.5. The highest BCUT2D eigenvalue weighted by atomic mass is 16.5. The molecule has 0 aliphatic heterocycles. The standard InChI is InChI=1S/C18H19N5O2/c1-3-22(12-14-8-10-15(25-2)11-9-14)18(24)16-6-4-5-7-17(16)23-13-19-20-21-23/h4-11,13H,3,12H2,1-2H3. The number of methoxy groups -OCH3 is 1. The van der Waals surface area contributed by atoms with Crippen LogP contribution in [0.25, 0.3) is 5.69 Å². The molecule has 0 saturated heterocycles. The fourth-order valence-corrected chi connectivity index (χ4v) is 2.57. The fraction of sp³-hybridized carbons (Fsp3) is 0.222. The van der Waals surface area contributed by atoms with E-state index in [1.165, 1.54) is 11.0 Å². The lowest BCUT2D eigenvalue weighted by molar-refractivity contribution is 0.0752. The van der Waals surface area contributed by atoms with Crippen molar-refractivity contribution in [2.75, 3.05) is 13.7 Å². The number of carbonyl (C=O) groups excluding carboxylic acids is 1. The van der Waals surface area contributed by atoms with Crippen molar-refractivity contribution in [3.63, 3.8) is 0 Å². The van der Waals surface area contributed by atoms with Crippen LogP contribution in [0, 0.1) is 0 Å². The van der Waals surface area contributed by atoms with E-state index in [4.69, 9.17) is 4.74 Å². The van der Waals surface area contributed by atoms with Gasteiger partial charge < -0.3 is 9.64 Å². The first-order chi connectivity index (χ1) is 12.2. The van der Waals surface area contributed by atoms with Gasteiger partial charge in [-0.25, -0.2) is 0 Å². The van der Waals surface area contributed by atoms with Gasteiger partial charge in [0.2, 0.25) is 0 Å². The third-order valence-corrected chi connectivity index (χ3v) is 3.93. The van der Waals surface area contributed by atoms with Crippen LogP contribution in [0.5, 0.6) is 5.75 Å². The zero-order valence-corrected chi connectivity index (χ0v) is 14.2. The molecule has 1 heterocycles. The Morgan fingerprint density at radius 3 is 2.56 bits per heavy atom. The molecule has 1 aromatic heterocycles. The average Bonchev–Trinajstić information content (AvgIpc) is 3.20. The Hall–Kier alpha value is -3.22. The van der Waals surface area contributed by atoms with E-state index >= 15 is 0 Å². The highest BCUT2D eigenvalue weighted by molar-refractivity contribution is 5.97. The number of amides is 1. The van der Waals surface area contributed by atoms with Crippen LogP contribution in [-0.4, -0.2) is 44.7 Å². The second-order valence-electron chi connectivity index (χ2n) is 5.44. The Morgan fingerprint density at radius 1 is 1.16 bits per heavy atom. The summed E-state index contributed by atoms with van der Waals surface area (Å²) in [5.74, 6) is 0.728. The number of nitrogens with zero attached hydrogens (tertiary/aromatic N) is 5. The molecule has 7 heteroatoms. The fourth-order valence-electron chi connectivity index (χ4n) is 2.57. The summed E-state index contributed by atoms with van der Waals surface area (Å²) in [7, 11) is 1.63. The van der Waals surface area contributed by atoms with Crippen LogP contribution >= 0.6 is 0 Å². The Bertz CT molecular complexity index is 831. The van der Waals surface area contributed by atoms with E-state index in [2.05, 4.69) is 15.5 Å². The van der Waals surface area contributed by atoms with Crippen LogP contribution in [0.4, 0.5) is 0 Å². The van der Waals surface area contributed by atoms with Gasteiger partial charge in [0.1, 0.15) is 12.1 Å². The molecular formula is C18H19N5O2. The number of para-hydroxylation sites is 1. The molecule has 0 N–H and O–H groups in total. The number of tetrazole rings is 1. The van der Waals surface area contributed by atoms with Gasteiger partial charge in [-0.2, -0.15) is 4.68 Å². The summed E-state index contributed by atoms with van der Waals surface area (Å²) in [5, 5.41) is 11.2. The molecule has 0 radical (unpaired) electrons. The first kappa shape index (κ1) is 16.6. The first-order valence-corrected chi connectivity index (χ1v) is 7.97. The summed E-state index contributed by atoms with van der Waals surface area (Å²) >= 11 is 0. The maximum atomic E-state index is 13.0. The molecule has 3 rings (SSSR count). The lowest BCUT2D eigenvalue weighted by atomic mass is 10.1. The average molecular weight is 337 g/mol. The smallest absolute Gasteiger partial charge is 0.256 e. The Kier molecular flexibility index (Phi) is 5.03. The van der Waals surface area contributed by atoms with Crippen molar-refractivity contribution in [2.24, 2.45) is 0 Å². The van der Waals surface area contributed by atoms with E-state index in [1.54, 1.807) is 18.1 Å². The largest absolute Gasteiger partial charge is 0.497 e. The van der Waals surface area contributed by atoms with Crippen molar-refractivity contribution < 1.29 is 9.53 Å². The highest BCUT2D eigenvalue weighted by Gasteiger charge is 2.19. The molecule has 0 aliphatic rings. The van der Waals surface area contributed by atoms with Gasteiger partial charge in [0, 0.05) is 13.1 Å². The number of benzene rings is 2. The molecule has 3 aromatic rings. The topological polar surface area (TPSA) is 73.1 Å². The van der Waals surface area contributed by atoms with Gasteiger partial charge in [0.15, 0.2) is 0 Å². The van der Waals surface area contributed by atoms with Crippen molar-refractivity contribution in [3.05, 3.63) is 66.0 Å². The minimum absolute atomic E-state index is 0.0654. The number of hydrogen-bond donors (Lipinski definition) is 0. The van der Waals surface area contributed by atoms with E-state index in [-0.39, 0.29) is 5.91 Å². The minimum Gasteiger partial charge on any atom is -0.497 e. The Morgan fingerprint density at radius 2 is 1.92 bits per heavy atom. The van der Waals surface area contributed by atoms with Gasteiger partial charge >= 0.3 is 0 Å². The van der Waals surface area contributed by atoms with E-state index in [0.29, 0.717) is 24.3 Å². The predicted molar refractivity (Wildman–Crippen MR) is 92.6 cm³/mol. The summed E-state index contributed by atoms with van der Waals surface area (Å²) in [6, 6.07) is 15.0. The van der Waals surface area contributed by atoms with Gasteiger partial charge in [-0.15, -0.1) is 5.10 Å². The Balaban J connectivity index is 1.85. The van der Waals surface area contributed by atoms with Crippen molar-refractivity contribution in [3.8, 4) is 11.4 Å². The molecule has 0 bridgehead atoms. The highest BCUT2D eigenvalue weighted by Crippen LogP contribution is 2.18. The molecule has 0 unspecified atom stereocenters. The lowest BCUT2D eigenvalue weighted by Gasteiger charge is -2.22. The maximum absolute atomic E-state index is 13.0. The molecule has 128 valence electrons. The molecule has 7 nitrogen and oxygen atoms in total. The molecule has 0 fully saturated rings. The van der Waals surface area contributed by atoms with Crippen molar-refractivity contribution in [1.82, 2.24) is 25.1 Å². The summed E-state index contributed by atoms with van der Waals surface area (Å²) in [4.78, 5) is 14.8. The van der Waals surface area contributed by atoms with Crippen LogP contribution < -0.4 is 4.74 Å². The quantitative estimate of drug-likeness (QED) is 0.690. The first-order valence-electron chi connectivity index (χ1n) is 7.97. The van der Waals surface area contributed by atoms with Crippen LogP contribution in [0.3, 0.4) is 0 Å². The molecule has 25 heavy (non-hydrogen) atoms. The molecule has 0 saturated carbocycles. The van der Waals surface area contributed by atoms with Gasteiger partial charge in [-0.1, -0.05) is 24.3 Å². The number of aromatic nitrogens is 4. The molecule has 0 spiro atoms. The van der Waals surface area contributed by atoms with Gasteiger partial charge in [0.05, 0.1) is 18.4 Å². The molecular weight excluding hydrogens is 318 g/mol. The van der Waals surface area contributed by atoms with E-state index in [9.17, 15) is 4.79 Å². The molecule has 0 atom stereocenters. The van der Waals surface area contributed by atoms with Gasteiger partial charge in [-0.3, -0.25) is 4.79 Å². The van der Waals surface area contributed by atoms with Crippen molar-refractivity contribution in [1.29, 1.82) is 0 Å². The van der Waals surface area contributed by atoms with E-state index < -0.39 is 0 Å². The van der Waals surface area contributed by atoms with Crippen molar-refractivity contribution >= 4 is 5.91 Å². The third-order valence-electron chi connectivity index (χ3n) is 3.93. The zero-order chi connectivity index (χ0) is 17.6. The predicted octanol–water partition coefficient (Wildman–Crippen LogP) is 2.33. The monoisotopic (exact) mass is 337 g/mol. The van der Waals surface area contributed by atoms with E-state index in [1.807, 2.05) is 49.4 Å². The Labute approximate surface area is 145 Å². The summed E-state index contributed by atoms with van der Waals surface area (Å²) in [6.45, 7) is 3.07. The second-order valence-corrected chi connectivity index (χ2v) is 5.44. The van der Waals surface area contributed by atoms with E-state index in [0.717, 1.165) is 11.3 Å². The molecule has 0 aliphatic carbocycles. The maximum Gasteiger partial charge on any atom is 0.256 e. The zero-order valence-electron chi connectivity index (χ0n) is 14.2. The number of rotatable bonds is 6.